The summed E-state index contributed by atoms with van der Waals surface area (Å²) in [6, 6.07) is 6.68. The third kappa shape index (κ3) is 15.6. The number of azide groups is 1. The van der Waals surface area contributed by atoms with Crippen molar-refractivity contribution >= 4 is 35.0 Å². The van der Waals surface area contributed by atoms with Gasteiger partial charge in [-0.2, -0.15) is 0 Å². The van der Waals surface area contributed by atoms with Crippen LogP contribution in [0, 0.1) is 23.7 Å². The van der Waals surface area contributed by atoms with Gasteiger partial charge in [0.05, 0.1) is 67.5 Å². The van der Waals surface area contributed by atoms with Crippen molar-refractivity contribution in [3.8, 4) is 0 Å². The molecule has 6 N–H and O–H groups in total. The molecule has 1 fully saturated rings. The van der Waals surface area contributed by atoms with E-state index in [9.17, 15) is 39.6 Å². The highest BCUT2D eigenvalue weighted by Crippen LogP contribution is 2.31. The Morgan fingerprint density at radius 3 is 2.16 bits per heavy atom. The maximum atomic E-state index is 14.6. The van der Waals surface area contributed by atoms with Gasteiger partial charge in [0.2, 0.25) is 23.6 Å². The third-order valence-electron chi connectivity index (χ3n) is 13.2. The van der Waals surface area contributed by atoms with Gasteiger partial charge in [0.25, 0.3) is 0 Å². The molecule has 0 bridgehead atoms. The average molecular weight is 960 g/mol. The van der Waals surface area contributed by atoms with Gasteiger partial charge in [0.1, 0.15) is 23.3 Å². The van der Waals surface area contributed by atoms with E-state index in [0.29, 0.717) is 25.8 Å². The molecule has 3 rings (SSSR count). The van der Waals surface area contributed by atoms with Crippen LogP contribution in [0.1, 0.15) is 90.8 Å². The molecule has 67 heavy (non-hydrogen) atoms. The molecule has 2 heterocycles. The zero-order chi connectivity index (χ0) is 50.1. The first-order chi connectivity index (χ1) is 31.7. The van der Waals surface area contributed by atoms with Crippen LogP contribution >= 0.6 is 11.3 Å². The summed E-state index contributed by atoms with van der Waals surface area (Å²) in [5.41, 5.74) is 9.59. The molecule has 0 saturated carbocycles. The van der Waals surface area contributed by atoms with Gasteiger partial charge >= 0.3 is 0 Å². The van der Waals surface area contributed by atoms with Crippen LogP contribution in [0.15, 0.2) is 47.0 Å². The largest absolute Gasteiger partial charge is 0.390 e. The number of nitrogens with zero attached hydrogens (tertiary/aromatic N) is 7. The monoisotopic (exact) mass is 960 g/mol. The lowest BCUT2D eigenvalue weighted by molar-refractivity contribution is -0.148. The molecular formula is C47H77N9O10S. The van der Waals surface area contributed by atoms with Crippen molar-refractivity contribution in [3.63, 3.8) is 0 Å². The molecule has 13 atom stereocenters. The number of methoxy groups -OCH3 is 2. The molecule has 376 valence electrons. The molecule has 19 nitrogen and oxygen atoms in total. The molecular weight excluding hydrogens is 883 g/mol. The molecule has 20 heteroatoms. The van der Waals surface area contributed by atoms with Crippen LogP contribution in [0.3, 0.4) is 0 Å². The van der Waals surface area contributed by atoms with Crippen LogP contribution in [-0.4, -0.2) is 172 Å². The molecule has 4 amide bonds. The molecule has 1 aromatic carbocycles. The van der Waals surface area contributed by atoms with E-state index in [4.69, 9.17) is 15.0 Å². The molecule has 13 unspecified atom stereocenters. The van der Waals surface area contributed by atoms with Crippen molar-refractivity contribution in [1.29, 1.82) is 0 Å². The lowest BCUT2D eigenvalue weighted by atomic mass is 9.89. The fourth-order valence-electron chi connectivity index (χ4n) is 9.25. The predicted molar refractivity (Wildman–Crippen MR) is 255 cm³/mol. The van der Waals surface area contributed by atoms with E-state index in [0.717, 1.165) is 17.0 Å². The second-order valence-electron chi connectivity index (χ2n) is 18.6. The number of hydrogen-bond donors (Lipinski definition) is 6. The zero-order valence-electron chi connectivity index (χ0n) is 41.1. The first-order valence-corrected chi connectivity index (χ1v) is 24.2. The molecule has 0 spiro atoms. The summed E-state index contributed by atoms with van der Waals surface area (Å²) in [6.45, 7) is 12.7. The molecule has 0 aliphatic carbocycles. The highest BCUT2D eigenvalue weighted by Gasteiger charge is 2.44. The SMILES string of the molecule is CCC(C)C(C(CC(=O)N1CCCC1C(OC)C(C)C(=O)NC(Cc1ccccc1)c1nccs1)OC)N(C)C(=O)C(NC(=O)C(C(C)C)N(C)CC(O)C(O)C(O)C(O)CN=[N+]=[N-])C(C)C. The number of carbonyl (C=O) groups excluding carboxylic acids is 4. The van der Waals surface area contributed by atoms with E-state index in [-0.39, 0.29) is 60.5 Å². The number of likely N-dealkylation sites (tertiary alicyclic amines) is 1. The minimum atomic E-state index is -1.83. The smallest absolute Gasteiger partial charge is 0.245 e. The second-order valence-corrected chi connectivity index (χ2v) is 19.5. The maximum Gasteiger partial charge on any atom is 0.245 e. The van der Waals surface area contributed by atoms with Gasteiger partial charge in [-0.3, -0.25) is 24.1 Å². The Hall–Kier alpha value is -4.24. The van der Waals surface area contributed by atoms with E-state index in [2.05, 4.69) is 25.6 Å². The first-order valence-electron chi connectivity index (χ1n) is 23.3. The second kappa shape index (κ2) is 27.7. The Kier molecular flexibility index (Phi) is 23.6. The number of ether oxygens (including phenoxy) is 2. The van der Waals surface area contributed by atoms with E-state index < -0.39 is 73.1 Å². The molecule has 0 radical (unpaired) electrons. The lowest BCUT2D eigenvalue weighted by Crippen LogP contribution is -2.60. The number of carbonyl (C=O) groups is 4. The van der Waals surface area contributed by atoms with E-state index in [1.165, 1.54) is 23.3 Å². The standard InChI is InChI=1S/C47H77N9O10S/c1-12-29(6)40(55(9)47(64)38(27(2)3)52-45(63)39(28(4)5)54(8)26-35(58)42(61)41(60)34(57)25-50-53-48)36(65-10)24-37(59)56-21-16-19-33(56)43(66-11)30(7)44(62)51-32(46-49-20-22-67-46)23-31-17-14-13-15-18-31/h13-15,17-18,20,22,27-30,32-36,38-43,57-58,60-61H,12,16,19,21,23-26H2,1-11H3,(H,51,62)(H,52,63). The summed E-state index contributed by atoms with van der Waals surface area (Å²) in [4.78, 5) is 69.0. The molecule has 2 aromatic rings. The predicted octanol–water partition coefficient (Wildman–Crippen LogP) is 3.31. The molecule has 1 aromatic heterocycles. The molecule has 1 saturated heterocycles. The van der Waals surface area contributed by atoms with Gasteiger partial charge in [-0.15, -0.1) is 11.3 Å². The van der Waals surface area contributed by atoms with Crippen molar-refractivity contribution in [2.75, 3.05) is 47.9 Å². The summed E-state index contributed by atoms with van der Waals surface area (Å²) in [5.74, 6) is -2.75. The number of aliphatic hydroxyl groups excluding tert-OH is 4. The van der Waals surface area contributed by atoms with Gasteiger partial charge in [0.15, 0.2) is 0 Å². The summed E-state index contributed by atoms with van der Waals surface area (Å²) in [6.07, 6.45) is -4.00. The van der Waals surface area contributed by atoms with Crippen LogP contribution < -0.4 is 10.6 Å². The van der Waals surface area contributed by atoms with Crippen LogP contribution in [0.4, 0.5) is 0 Å². The van der Waals surface area contributed by atoms with E-state index in [1.54, 1.807) is 51.0 Å². The van der Waals surface area contributed by atoms with Crippen molar-refractivity contribution < 1.29 is 49.1 Å². The highest BCUT2D eigenvalue weighted by atomic mass is 32.1. The van der Waals surface area contributed by atoms with Crippen LogP contribution in [0.5, 0.6) is 0 Å². The topological polar surface area (TPSA) is 263 Å². The number of hydrogen-bond acceptors (Lipinski definition) is 14. The summed E-state index contributed by atoms with van der Waals surface area (Å²) >= 11 is 1.48. The minimum absolute atomic E-state index is 0.0514. The van der Waals surface area contributed by atoms with Crippen molar-refractivity contribution in [2.24, 2.45) is 28.8 Å². The Labute approximate surface area is 400 Å². The van der Waals surface area contributed by atoms with E-state index >= 15 is 0 Å². The fraction of sp³-hybridized carbons (Fsp3) is 0.723. The fourth-order valence-corrected chi connectivity index (χ4v) is 9.94. The minimum Gasteiger partial charge on any atom is -0.390 e. The van der Waals surface area contributed by atoms with Crippen LogP contribution in [-0.2, 0) is 35.1 Å². The van der Waals surface area contributed by atoms with Gasteiger partial charge in [-0.05, 0) is 55.2 Å². The van der Waals surface area contributed by atoms with Crippen LogP contribution in [0.25, 0.3) is 10.4 Å². The highest BCUT2D eigenvalue weighted by molar-refractivity contribution is 7.09. The number of rotatable bonds is 28. The molecule has 1 aliphatic rings. The number of benzene rings is 1. The number of aliphatic hydroxyl groups is 4. The van der Waals surface area contributed by atoms with Crippen molar-refractivity contribution in [2.45, 2.75) is 147 Å². The zero-order valence-corrected chi connectivity index (χ0v) is 42.0. The number of amides is 4. The average Bonchev–Trinajstić information content (AvgIpc) is 4.03. The lowest BCUT2D eigenvalue weighted by Gasteiger charge is -2.41. The van der Waals surface area contributed by atoms with Gasteiger partial charge in [-0.1, -0.05) is 90.3 Å². The molecule has 1 aliphatic heterocycles. The van der Waals surface area contributed by atoms with Gasteiger partial charge in [0, 0.05) is 50.8 Å². The normalized spacial score (nSPS) is 19.6. The Morgan fingerprint density at radius 2 is 1.61 bits per heavy atom. The summed E-state index contributed by atoms with van der Waals surface area (Å²) in [5, 5.41) is 53.8. The maximum absolute atomic E-state index is 14.6. The van der Waals surface area contributed by atoms with Crippen molar-refractivity contribution in [3.05, 3.63) is 62.9 Å². The Bertz CT molecular complexity index is 1870. The van der Waals surface area contributed by atoms with E-state index in [1.807, 2.05) is 70.3 Å². The number of likely N-dealkylation sites (N-methyl/N-ethyl adjacent to an activating group) is 2. The first kappa shape index (κ1) is 57.1. The number of thiazole rings is 1. The van der Waals surface area contributed by atoms with Gasteiger partial charge in [-0.25, -0.2) is 4.98 Å². The quantitative estimate of drug-likeness (QED) is 0.0408. The summed E-state index contributed by atoms with van der Waals surface area (Å²) < 4.78 is 12.1. The van der Waals surface area contributed by atoms with Crippen molar-refractivity contribution in [1.82, 2.24) is 30.3 Å². The summed E-state index contributed by atoms with van der Waals surface area (Å²) in [7, 11) is 6.29. The Morgan fingerprint density at radius 1 is 0.955 bits per heavy atom. The number of nitrogens with one attached hydrogen (secondary N) is 2. The van der Waals surface area contributed by atoms with Crippen LogP contribution in [0.2, 0.25) is 0 Å². The third-order valence-corrected chi connectivity index (χ3v) is 14.0. The number of aromatic nitrogens is 1. The Balaban J connectivity index is 1.78. The van der Waals surface area contributed by atoms with Gasteiger partial charge < -0.3 is 50.3 Å².